The zero-order valence-electron chi connectivity index (χ0n) is 6.54. The van der Waals surface area contributed by atoms with Crippen molar-refractivity contribution in [2.24, 2.45) is 0 Å². The molecular formula is C7H13NO3. The van der Waals surface area contributed by atoms with Crippen molar-refractivity contribution < 1.29 is 14.6 Å². The second-order valence-corrected chi connectivity index (χ2v) is 2.73. The summed E-state index contributed by atoms with van der Waals surface area (Å²) in [6, 6.07) is -0.423. The molecular weight excluding hydrogens is 146 g/mol. The minimum atomic E-state index is -0.785. The van der Waals surface area contributed by atoms with E-state index < -0.39 is 12.0 Å². The summed E-state index contributed by atoms with van der Waals surface area (Å²) in [4.78, 5) is 10.5. The first-order valence-electron chi connectivity index (χ1n) is 3.73. The second-order valence-electron chi connectivity index (χ2n) is 2.73. The highest BCUT2D eigenvalue weighted by Gasteiger charge is 2.25. The van der Waals surface area contributed by atoms with E-state index in [0.29, 0.717) is 6.42 Å². The Morgan fingerprint density at radius 2 is 2.45 bits per heavy atom. The van der Waals surface area contributed by atoms with Gasteiger partial charge in [-0.2, -0.15) is 0 Å². The number of aliphatic carboxylic acids is 1. The summed E-state index contributed by atoms with van der Waals surface area (Å²) in [6.45, 7) is 0.732. The van der Waals surface area contributed by atoms with Gasteiger partial charge in [0.25, 0.3) is 0 Å². The van der Waals surface area contributed by atoms with Crippen LogP contribution in [-0.2, 0) is 9.53 Å². The highest BCUT2D eigenvalue weighted by atomic mass is 16.5. The molecule has 0 saturated carbocycles. The number of methoxy groups -OCH3 is 1. The molecule has 4 heteroatoms. The van der Waals surface area contributed by atoms with E-state index in [4.69, 9.17) is 9.84 Å². The van der Waals surface area contributed by atoms with Gasteiger partial charge >= 0.3 is 5.97 Å². The number of hydrogen-bond acceptors (Lipinski definition) is 3. The van der Waals surface area contributed by atoms with Crippen LogP contribution in [0.5, 0.6) is 0 Å². The largest absolute Gasteiger partial charge is 0.480 e. The van der Waals surface area contributed by atoms with Crippen molar-refractivity contribution in [3.63, 3.8) is 0 Å². The number of carboxylic acids is 1. The van der Waals surface area contributed by atoms with Crippen LogP contribution in [0.3, 0.4) is 0 Å². The summed E-state index contributed by atoms with van der Waals surface area (Å²) in [7, 11) is 1.62. The van der Waals surface area contributed by atoms with Gasteiger partial charge in [-0.25, -0.2) is 0 Å². The van der Waals surface area contributed by atoms with Crippen molar-refractivity contribution in [2.45, 2.75) is 25.0 Å². The van der Waals surface area contributed by atoms with Gasteiger partial charge in [0, 0.05) is 7.11 Å². The predicted molar refractivity (Wildman–Crippen MR) is 39.5 cm³/mol. The van der Waals surface area contributed by atoms with Gasteiger partial charge < -0.3 is 15.2 Å². The second kappa shape index (κ2) is 3.69. The average molecular weight is 159 g/mol. The highest BCUT2D eigenvalue weighted by Crippen LogP contribution is 2.11. The Kier molecular flexibility index (Phi) is 2.84. The molecule has 0 radical (unpaired) electrons. The normalized spacial score (nSPS) is 31.7. The highest BCUT2D eigenvalue weighted by molar-refractivity contribution is 5.73. The predicted octanol–water partition coefficient (Wildman–Crippen LogP) is -0.162. The minimum absolute atomic E-state index is 0.109. The van der Waals surface area contributed by atoms with E-state index in [9.17, 15) is 4.79 Å². The molecule has 0 aromatic heterocycles. The molecule has 1 aliphatic heterocycles. The zero-order chi connectivity index (χ0) is 8.27. The quantitative estimate of drug-likeness (QED) is 0.587. The van der Waals surface area contributed by atoms with Gasteiger partial charge in [-0.05, 0) is 19.4 Å². The first-order chi connectivity index (χ1) is 5.24. The molecule has 0 aromatic carbocycles. The van der Waals surface area contributed by atoms with Gasteiger partial charge in [-0.1, -0.05) is 0 Å². The lowest BCUT2D eigenvalue weighted by molar-refractivity contribution is -0.141. The number of carboxylic acid groups (broad SMARTS) is 1. The fraction of sp³-hybridized carbons (Fsp3) is 0.857. The summed E-state index contributed by atoms with van der Waals surface area (Å²) in [5.74, 6) is -0.785. The van der Waals surface area contributed by atoms with Gasteiger partial charge in [-0.3, -0.25) is 4.79 Å². The Hall–Kier alpha value is -0.610. The lowest BCUT2D eigenvalue weighted by atomic mass is 10.0. The maximum atomic E-state index is 10.5. The molecule has 1 rings (SSSR count). The van der Waals surface area contributed by atoms with E-state index >= 15 is 0 Å². The third kappa shape index (κ3) is 2.17. The van der Waals surface area contributed by atoms with Gasteiger partial charge in [0.2, 0.25) is 0 Å². The summed E-state index contributed by atoms with van der Waals surface area (Å²) in [6.07, 6.45) is 1.59. The maximum absolute atomic E-state index is 10.5. The number of piperidine rings is 1. The van der Waals surface area contributed by atoms with Crippen LogP contribution in [-0.4, -0.2) is 36.9 Å². The van der Waals surface area contributed by atoms with Crippen molar-refractivity contribution in [2.75, 3.05) is 13.7 Å². The summed E-state index contributed by atoms with van der Waals surface area (Å²) >= 11 is 0. The van der Waals surface area contributed by atoms with E-state index in [1.807, 2.05) is 0 Å². The molecule has 0 bridgehead atoms. The molecule has 64 valence electrons. The number of ether oxygens (including phenoxy) is 1. The maximum Gasteiger partial charge on any atom is 0.320 e. The molecule has 1 heterocycles. The first-order valence-corrected chi connectivity index (χ1v) is 3.73. The number of rotatable bonds is 2. The summed E-state index contributed by atoms with van der Waals surface area (Å²) in [5, 5.41) is 11.5. The van der Waals surface area contributed by atoms with Crippen LogP contribution >= 0.6 is 0 Å². The van der Waals surface area contributed by atoms with Crippen molar-refractivity contribution >= 4 is 5.97 Å². The Balaban J connectivity index is 2.39. The van der Waals surface area contributed by atoms with Crippen LogP contribution in [0.15, 0.2) is 0 Å². The fourth-order valence-electron chi connectivity index (χ4n) is 1.28. The lowest BCUT2D eigenvalue weighted by Crippen LogP contribution is -2.45. The Morgan fingerprint density at radius 1 is 1.73 bits per heavy atom. The molecule has 0 spiro atoms. The smallest absolute Gasteiger partial charge is 0.320 e. The monoisotopic (exact) mass is 159 g/mol. The van der Waals surface area contributed by atoms with Crippen LogP contribution in [0.25, 0.3) is 0 Å². The standard InChI is InChI=1S/C7H13NO3/c1-11-5-2-3-8-6(4-5)7(9)10/h5-6,8H,2-4H2,1H3,(H,9,10)/t5-,6-/m1/s1. The molecule has 2 atom stereocenters. The van der Waals surface area contributed by atoms with Crippen molar-refractivity contribution in [3.05, 3.63) is 0 Å². The van der Waals surface area contributed by atoms with E-state index in [0.717, 1.165) is 13.0 Å². The minimum Gasteiger partial charge on any atom is -0.480 e. The van der Waals surface area contributed by atoms with E-state index in [-0.39, 0.29) is 6.10 Å². The van der Waals surface area contributed by atoms with Crippen LogP contribution < -0.4 is 5.32 Å². The number of carbonyl (C=O) groups is 1. The zero-order valence-corrected chi connectivity index (χ0v) is 6.54. The van der Waals surface area contributed by atoms with Crippen molar-refractivity contribution in [3.8, 4) is 0 Å². The van der Waals surface area contributed by atoms with Crippen LogP contribution in [0.2, 0.25) is 0 Å². The molecule has 0 aromatic rings. The van der Waals surface area contributed by atoms with Crippen molar-refractivity contribution in [1.29, 1.82) is 0 Å². The van der Waals surface area contributed by atoms with Gasteiger partial charge in [-0.15, -0.1) is 0 Å². The molecule has 1 saturated heterocycles. The van der Waals surface area contributed by atoms with Gasteiger partial charge in [0.05, 0.1) is 6.10 Å². The Morgan fingerprint density at radius 3 is 3.00 bits per heavy atom. The third-order valence-corrected chi connectivity index (χ3v) is 1.99. The first kappa shape index (κ1) is 8.49. The molecule has 4 nitrogen and oxygen atoms in total. The van der Waals surface area contributed by atoms with Gasteiger partial charge in [0.1, 0.15) is 6.04 Å². The Bertz CT molecular complexity index is 149. The van der Waals surface area contributed by atoms with E-state index in [1.165, 1.54) is 0 Å². The van der Waals surface area contributed by atoms with Crippen LogP contribution in [0.1, 0.15) is 12.8 Å². The number of hydrogen-bond donors (Lipinski definition) is 2. The SMILES string of the molecule is CO[C@@H]1CCN[C@@H](C(=O)O)C1. The molecule has 0 aliphatic carbocycles. The van der Waals surface area contributed by atoms with Crippen molar-refractivity contribution in [1.82, 2.24) is 5.32 Å². The molecule has 11 heavy (non-hydrogen) atoms. The Labute approximate surface area is 65.5 Å². The lowest BCUT2D eigenvalue weighted by Gasteiger charge is -2.26. The molecule has 1 aliphatic rings. The summed E-state index contributed by atoms with van der Waals surface area (Å²) in [5.41, 5.74) is 0. The fourth-order valence-corrected chi connectivity index (χ4v) is 1.28. The summed E-state index contributed by atoms with van der Waals surface area (Å²) < 4.78 is 5.07. The number of nitrogens with one attached hydrogen (secondary N) is 1. The van der Waals surface area contributed by atoms with Crippen LogP contribution in [0.4, 0.5) is 0 Å². The third-order valence-electron chi connectivity index (χ3n) is 1.99. The average Bonchev–Trinajstić information content (AvgIpc) is 2.05. The molecule has 1 fully saturated rings. The topological polar surface area (TPSA) is 58.6 Å². The molecule has 0 unspecified atom stereocenters. The molecule has 0 amide bonds. The molecule has 2 N–H and O–H groups in total. The van der Waals surface area contributed by atoms with Gasteiger partial charge in [0.15, 0.2) is 0 Å². The van der Waals surface area contributed by atoms with Crippen LogP contribution in [0, 0.1) is 0 Å². The van der Waals surface area contributed by atoms with E-state index in [1.54, 1.807) is 7.11 Å². The van der Waals surface area contributed by atoms with E-state index in [2.05, 4.69) is 5.32 Å².